The molecular formula is C53H76N2O15P2. The molecule has 1 aliphatic rings. The summed E-state index contributed by atoms with van der Waals surface area (Å²) in [6.07, 6.45) is 22.9. The Morgan fingerprint density at radius 2 is 1.29 bits per heavy atom. The van der Waals surface area contributed by atoms with Gasteiger partial charge in [-0.05, 0) is 83.3 Å². The van der Waals surface area contributed by atoms with Crippen molar-refractivity contribution in [2.75, 3.05) is 19.8 Å². The molecule has 1 aliphatic heterocycles. The van der Waals surface area contributed by atoms with Crippen molar-refractivity contribution in [3.8, 4) is 0 Å². The summed E-state index contributed by atoms with van der Waals surface area (Å²) in [5, 5.41) is 17.7. The second-order valence-corrected chi connectivity index (χ2v) is 21.8. The first kappa shape index (κ1) is 58.6. The van der Waals surface area contributed by atoms with Crippen LogP contribution >= 0.6 is 15.6 Å². The Hall–Kier alpha value is -4.28. The van der Waals surface area contributed by atoms with Crippen molar-refractivity contribution in [1.29, 1.82) is 0 Å². The molecule has 5 N–H and O–H groups in total. The molecule has 1 saturated heterocycles. The van der Waals surface area contributed by atoms with Crippen LogP contribution in [0, 0.1) is 6.92 Å². The van der Waals surface area contributed by atoms with Gasteiger partial charge >= 0.3 is 33.3 Å². The number of unbranched alkanes of at least 4 members (excludes halogenated alkanes) is 16. The maximum atomic E-state index is 12.3. The average molecular weight is 1040 g/mol. The highest BCUT2D eigenvalue weighted by Gasteiger charge is 2.35. The van der Waals surface area contributed by atoms with Gasteiger partial charge in [-0.15, -0.1) is 0 Å². The van der Waals surface area contributed by atoms with Crippen LogP contribution in [0.25, 0.3) is 32.3 Å². The number of esters is 2. The average Bonchev–Trinajstić information content (AvgIpc) is 3.82. The Labute approximate surface area is 422 Å². The number of aryl methyl sites for hydroxylation is 2. The number of aromatic amines is 1. The van der Waals surface area contributed by atoms with E-state index in [4.69, 9.17) is 24.0 Å². The third kappa shape index (κ3) is 19.9. The van der Waals surface area contributed by atoms with Gasteiger partial charge in [0.1, 0.15) is 12.8 Å². The summed E-state index contributed by atoms with van der Waals surface area (Å²) in [5.41, 5.74) is 0.590. The minimum atomic E-state index is -5.18. The van der Waals surface area contributed by atoms with Gasteiger partial charge in [-0.3, -0.25) is 28.5 Å². The van der Waals surface area contributed by atoms with E-state index in [0.29, 0.717) is 31.2 Å². The van der Waals surface area contributed by atoms with Crippen LogP contribution < -0.4 is 11.2 Å². The molecule has 17 nitrogen and oxygen atoms in total. The van der Waals surface area contributed by atoms with E-state index in [1.54, 1.807) is 0 Å². The Morgan fingerprint density at radius 1 is 0.736 bits per heavy atom. The van der Waals surface area contributed by atoms with E-state index < -0.39 is 51.9 Å². The van der Waals surface area contributed by atoms with Gasteiger partial charge in [-0.1, -0.05) is 158 Å². The van der Waals surface area contributed by atoms with E-state index in [-0.39, 0.29) is 25.2 Å². The number of phosphoric acid groups is 2. The number of carbonyl (C=O) groups is 2. The molecule has 0 radical (unpaired) electrons. The van der Waals surface area contributed by atoms with E-state index >= 15 is 0 Å². The van der Waals surface area contributed by atoms with Crippen LogP contribution in [0.4, 0.5) is 0 Å². The van der Waals surface area contributed by atoms with Crippen molar-refractivity contribution in [3.05, 3.63) is 92.8 Å². The van der Waals surface area contributed by atoms with Crippen molar-refractivity contribution in [2.45, 2.75) is 180 Å². The minimum absolute atomic E-state index is 0.0757. The molecular weight excluding hydrogens is 967 g/mol. The molecule has 398 valence electrons. The van der Waals surface area contributed by atoms with Gasteiger partial charge in [0.25, 0.3) is 5.56 Å². The lowest BCUT2D eigenvalue weighted by Gasteiger charge is -2.17. The fourth-order valence-corrected chi connectivity index (χ4v) is 10.8. The maximum absolute atomic E-state index is 12.3. The first-order chi connectivity index (χ1) is 34.6. The summed E-state index contributed by atoms with van der Waals surface area (Å²) in [6, 6.07) is 20.2. The zero-order valence-corrected chi connectivity index (χ0v) is 43.8. The number of nitrogens with one attached hydrogen (secondary N) is 1. The molecule has 0 aliphatic carbocycles. The first-order valence-electron chi connectivity index (χ1n) is 25.9. The Balaban J connectivity index is 0.000000335. The molecule has 6 rings (SSSR count). The van der Waals surface area contributed by atoms with E-state index in [9.17, 15) is 38.3 Å². The number of aromatic nitrogens is 2. The Kier molecular flexibility index (Phi) is 24.6. The zero-order chi connectivity index (χ0) is 51.9. The minimum Gasteiger partial charge on any atom is -0.462 e. The SMILES string of the molecule is CCCCCCCCCCCCCC(=O)OCC(CO)OC(=O)CCCCCCCCCc1ccc2ccc3cccc4ccc1c2c34.Cc1cn([C@H]2CC[C@@H](COP(=O)(O)OP(=O)(O)O)O2)c(=O)[nH]c1=O. The second-order valence-electron chi connectivity index (χ2n) is 18.9. The van der Waals surface area contributed by atoms with Crippen molar-refractivity contribution in [3.63, 3.8) is 0 Å². The summed E-state index contributed by atoms with van der Waals surface area (Å²) in [6.45, 7) is 2.88. The van der Waals surface area contributed by atoms with E-state index in [2.05, 4.69) is 75.3 Å². The number of H-pyrrole nitrogens is 1. The maximum Gasteiger partial charge on any atom is 0.481 e. The van der Waals surface area contributed by atoms with Crippen molar-refractivity contribution in [1.82, 2.24) is 9.55 Å². The molecule has 0 amide bonds. The quantitative estimate of drug-likeness (QED) is 0.0116. The van der Waals surface area contributed by atoms with Crippen LogP contribution in [0.15, 0.2) is 70.4 Å². The summed E-state index contributed by atoms with van der Waals surface area (Å²) in [4.78, 5) is 75.8. The second kappa shape index (κ2) is 30.2. The molecule has 5 aromatic rings. The molecule has 19 heteroatoms. The predicted molar refractivity (Wildman–Crippen MR) is 278 cm³/mol. The van der Waals surface area contributed by atoms with Crippen LogP contribution in [0.5, 0.6) is 0 Å². The van der Waals surface area contributed by atoms with Gasteiger partial charge in [0.2, 0.25) is 0 Å². The lowest BCUT2D eigenvalue weighted by molar-refractivity contribution is -0.161. The number of nitrogens with zero attached hydrogens (tertiary/aromatic N) is 1. The van der Waals surface area contributed by atoms with Gasteiger partial charge in [0.15, 0.2) is 6.10 Å². The van der Waals surface area contributed by atoms with Crippen LogP contribution in [-0.4, -0.2) is 73.3 Å². The third-order valence-corrected chi connectivity index (χ3v) is 15.2. The summed E-state index contributed by atoms with van der Waals surface area (Å²) < 4.78 is 47.3. The molecule has 4 atom stereocenters. The molecule has 0 saturated carbocycles. The molecule has 0 bridgehead atoms. The Morgan fingerprint density at radius 3 is 1.90 bits per heavy atom. The smallest absolute Gasteiger partial charge is 0.462 e. The lowest BCUT2D eigenvalue weighted by atomic mass is 9.90. The number of phosphoric ester groups is 1. The van der Waals surface area contributed by atoms with Crippen LogP contribution in [0.1, 0.15) is 166 Å². The number of ether oxygens (including phenoxy) is 3. The van der Waals surface area contributed by atoms with Gasteiger partial charge < -0.3 is 34.0 Å². The van der Waals surface area contributed by atoms with Crippen molar-refractivity contribution in [2.24, 2.45) is 0 Å². The number of aliphatic hydroxyl groups excluding tert-OH is 1. The Bertz CT molecular complexity index is 2650. The standard InChI is InChI=1S/C43H60O5.C10H16N2O10P2/c1-2-3-4-5-6-7-8-9-12-15-18-24-40(45)47-33-38(32-44)48-41(46)25-19-16-13-10-11-14-17-21-34-26-27-37-29-28-35-22-20-23-36-30-31-39(34)43(37)42(35)36;1-6-4-12(10(14)11-9(6)13)8-3-2-7(21-8)5-20-24(18,19)22-23(15,16)17/h20,22-23,26-31,38,44H,2-19,21,24-25,32-33H2,1H3;4,7-8H,2-3,5H2,1H3,(H,18,19)(H,11,13,14)(H2,15,16,17)/t;7-,8+/m.0/s1. The molecule has 72 heavy (non-hydrogen) atoms. The molecule has 0 spiro atoms. The number of benzene rings is 4. The fourth-order valence-electron chi connectivity index (χ4n) is 9.19. The highest BCUT2D eigenvalue weighted by atomic mass is 31.3. The van der Waals surface area contributed by atoms with E-state index in [1.807, 2.05) is 0 Å². The van der Waals surface area contributed by atoms with Gasteiger partial charge in [-0.25, -0.2) is 13.9 Å². The predicted octanol–water partition coefficient (Wildman–Crippen LogP) is 11.1. The van der Waals surface area contributed by atoms with Gasteiger partial charge in [0, 0.05) is 24.6 Å². The molecule has 2 heterocycles. The molecule has 1 fully saturated rings. The van der Waals surface area contributed by atoms with Gasteiger partial charge in [-0.2, -0.15) is 4.31 Å². The van der Waals surface area contributed by atoms with E-state index in [0.717, 1.165) is 44.9 Å². The largest absolute Gasteiger partial charge is 0.481 e. The van der Waals surface area contributed by atoms with Crippen LogP contribution in [-0.2, 0) is 48.2 Å². The van der Waals surface area contributed by atoms with E-state index in [1.165, 1.54) is 133 Å². The molecule has 1 aromatic heterocycles. The number of carbonyl (C=O) groups excluding carboxylic acids is 2. The van der Waals surface area contributed by atoms with Gasteiger partial charge in [0.05, 0.1) is 19.3 Å². The van der Waals surface area contributed by atoms with Crippen LogP contribution in [0.2, 0.25) is 0 Å². The fraction of sp³-hybridized carbons (Fsp3) is 0.585. The highest BCUT2D eigenvalue weighted by Crippen LogP contribution is 2.57. The zero-order valence-electron chi connectivity index (χ0n) is 42.0. The number of hydrogen-bond acceptors (Lipinski definition) is 12. The lowest BCUT2D eigenvalue weighted by Crippen LogP contribution is -2.33. The molecule has 2 unspecified atom stereocenters. The normalized spacial score (nSPS) is 16.2. The molecule has 4 aromatic carbocycles. The number of aliphatic hydroxyl groups is 1. The number of hydrogen-bond donors (Lipinski definition) is 5. The third-order valence-electron chi connectivity index (χ3n) is 13.0. The van der Waals surface area contributed by atoms with Crippen molar-refractivity contribution < 1.29 is 61.6 Å². The van der Waals surface area contributed by atoms with Crippen LogP contribution in [0.3, 0.4) is 0 Å². The summed E-state index contributed by atoms with van der Waals surface area (Å²) in [5.74, 6) is -0.611. The monoisotopic (exact) mass is 1040 g/mol. The first-order valence-corrected chi connectivity index (χ1v) is 28.9. The topological polar surface area (TPSA) is 250 Å². The summed E-state index contributed by atoms with van der Waals surface area (Å²) in [7, 11) is -10.1. The highest BCUT2D eigenvalue weighted by molar-refractivity contribution is 7.60. The number of rotatable bonds is 32. The summed E-state index contributed by atoms with van der Waals surface area (Å²) >= 11 is 0. The van der Waals surface area contributed by atoms with Crippen molar-refractivity contribution >= 4 is 59.9 Å².